The number of thiazole rings is 1. The molecule has 4 rings (SSSR count). The lowest BCUT2D eigenvalue weighted by atomic mass is 10.0. The third kappa shape index (κ3) is 2.44. The van der Waals surface area contributed by atoms with Crippen LogP contribution in [0.2, 0.25) is 0 Å². The smallest absolute Gasteiger partial charge is 0.340 e. The number of hydrogen-bond acceptors (Lipinski definition) is 5. The average Bonchev–Trinajstić information content (AvgIpc) is 3.04. The van der Waals surface area contributed by atoms with E-state index in [1.54, 1.807) is 23.3 Å². The standard InChI is InChI=1S/C15H15N5O2S/c1-18-9-16-20(15(18)22)8-13(21)19-6-10(7-19)14-17-11-4-2-3-5-12(11)23-14/h2-5,9-10H,6-8H2,1H3. The van der Waals surface area contributed by atoms with E-state index in [4.69, 9.17) is 0 Å². The number of amides is 1. The van der Waals surface area contributed by atoms with E-state index in [-0.39, 0.29) is 24.1 Å². The molecule has 0 bridgehead atoms. The van der Waals surface area contributed by atoms with Gasteiger partial charge in [-0.05, 0) is 12.1 Å². The predicted octanol–water partition coefficient (Wildman–Crippen LogP) is 0.817. The summed E-state index contributed by atoms with van der Waals surface area (Å²) in [5.74, 6) is 0.208. The van der Waals surface area contributed by atoms with Crippen molar-refractivity contribution >= 4 is 27.5 Å². The summed E-state index contributed by atoms with van der Waals surface area (Å²) in [4.78, 5) is 30.3. The molecule has 0 N–H and O–H groups in total. The van der Waals surface area contributed by atoms with Crippen LogP contribution < -0.4 is 5.69 Å². The number of benzene rings is 1. The third-order valence-electron chi connectivity index (χ3n) is 4.07. The molecule has 1 saturated heterocycles. The third-order valence-corrected chi connectivity index (χ3v) is 5.26. The van der Waals surface area contributed by atoms with E-state index in [9.17, 15) is 9.59 Å². The van der Waals surface area contributed by atoms with Crippen molar-refractivity contribution in [2.24, 2.45) is 7.05 Å². The van der Waals surface area contributed by atoms with E-state index >= 15 is 0 Å². The number of carbonyl (C=O) groups is 1. The molecule has 1 amide bonds. The van der Waals surface area contributed by atoms with E-state index in [1.807, 2.05) is 18.2 Å². The van der Waals surface area contributed by atoms with E-state index in [2.05, 4.69) is 16.1 Å². The quantitative estimate of drug-likeness (QED) is 0.713. The maximum absolute atomic E-state index is 12.2. The van der Waals surface area contributed by atoms with Gasteiger partial charge in [-0.1, -0.05) is 12.1 Å². The van der Waals surface area contributed by atoms with Gasteiger partial charge in [0.05, 0.1) is 10.2 Å². The highest BCUT2D eigenvalue weighted by atomic mass is 32.1. The van der Waals surface area contributed by atoms with Gasteiger partial charge in [0.15, 0.2) is 0 Å². The minimum atomic E-state index is -0.276. The van der Waals surface area contributed by atoms with Gasteiger partial charge in [0, 0.05) is 26.1 Å². The molecule has 0 saturated carbocycles. The van der Waals surface area contributed by atoms with Crippen LogP contribution in [0.25, 0.3) is 10.2 Å². The van der Waals surface area contributed by atoms with Crippen LogP contribution in [0.4, 0.5) is 0 Å². The molecule has 1 aliphatic rings. The molecule has 7 nitrogen and oxygen atoms in total. The summed E-state index contributed by atoms with van der Waals surface area (Å²) in [6.07, 6.45) is 1.41. The maximum atomic E-state index is 12.2. The van der Waals surface area contributed by atoms with Gasteiger partial charge in [0.25, 0.3) is 0 Å². The Kier molecular flexibility index (Phi) is 3.26. The fraction of sp³-hybridized carbons (Fsp3) is 0.333. The van der Waals surface area contributed by atoms with Gasteiger partial charge in [-0.2, -0.15) is 5.10 Å². The van der Waals surface area contributed by atoms with Gasteiger partial charge in [-0.15, -0.1) is 11.3 Å². The largest absolute Gasteiger partial charge is 0.345 e. The number of carbonyl (C=O) groups excluding carboxylic acids is 1. The second kappa shape index (κ2) is 5.31. The number of aromatic nitrogens is 4. The van der Waals surface area contributed by atoms with Crippen LogP contribution in [0.3, 0.4) is 0 Å². The van der Waals surface area contributed by atoms with Gasteiger partial charge >= 0.3 is 5.69 Å². The molecular formula is C15H15N5O2S. The molecule has 118 valence electrons. The van der Waals surface area contributed by atoms with Crippen molar-refractivity contribution < 1.29 is 4.79 Å². The van der Waals surface area contributed by atoms with Crippen molar-refractivity contribution in [3.8, 4) is 0 Å². The van der Waals surface area contributed by atoms with Gasteiger partial charge in [-0.3, -0.25) is 9.36 Å². The molecule has 1 aliphatic heterocycles. The number of hydrogen-bond donors (Lipinski definition) is 0. The molecule has 3 heterocycles. The summed E-state index contributed by atoms with van der Waals surface area (Å²) >= 11 is 1.68. The molecular weight excluding hydrogens is 314 g/mol. The highest BCUT2D eigenvalue weighted by Crippen LogP contribution is 2.33. The number of fused-ring (bicyclic) bond motifs is 1. The predicted molar refractivity (Wildman–Crippen MR) is 86.4 cm³/mol. The van der Waals surface area contributed by atoms with Crippen LogP contribution in [-0.4, -0.2) is 43.2 Å². The van der Waals surface area contributed by atoms with Crippen LogP contribution in [0.15, 0.2) is 35.4 Å². The second-order valence-electron chi connectivity index (χ2n) is 5.70. The molecule has 3 aromatic rings. The highest BCUT2D eigenvalue weighted by molar-refractivity contribution is 7.18. The topological polar surface area (TPSA) is 73.0 Å². The SMILES string of the molecule is Cn1cnn(CC(=O)N2CC(c3nc4ccccc4s3)C2)c1=O. The van der Waals surface area contributed by atoms with Crippen molar-refractivity contribution in [2.45, 2.75) is 12.5 Å². The van der Waals surface area contributed by atoms with E-state index < -0.39 is 0 Å². The second-order valence-corrected chi connectivity index (χ2v) is 6.76. The maximum Gasteiger partial charge on any atom is 0.345 e. The molecule has 2 aromatic heterocycles. The summed E-state index contributed by atoms with van der Waals surface area (Å²) in [6.45, 7) is 1.30. The van der Waals surface area contributed by atoms with Gasteiger partial charge in [0.1, 0.15) is 17.9 Å². The Balaban J connectivity index is 1.41. The molecule has 0 spiro atoms. The molecule has 23 heavy (non-hydrogen) atoms. The molecule has 1 fully saturated rings. The van der Waals surface area contributed by atoms with Gasteiger partial charge < -0.3 is 4.90 Å². The summed E-state index contributed by atoms with van der Waals surface area (Å²) in [5.41, 5.74) is 0.735. The summed E-state index contributed by atoms with van der Waals surface area (Å²) in [6, 6.07) is 8.05. The van der Waals surface area contributed by atoms with Crippen molar-refractivity contribution in [2.75, 3.05) is 13.1 Å². The first-order valence-electron chi connectivity index (χ1n) is 7.33. The zero-order valence-electron chi connectivity index (χ0n) is 12.5. The minimum Gasteiger partial charge on any atom is -0.340 e. The van der Waals surface area contributed by atoms with Crippen LogP contribution in [0.1, 0.15) is 10.9 Å². The Labute approximate surface area is 135 Å². The van der Waals surface area contributed by atoms with Crippen LogP contribution in [0, 0.1) is 0 Å². The zero-order chi connectivity index (χ0) is 16.0. The highest BCUT2D eigenvalue weighted by Gasteiger charge is 2.34. The number of rotatable bonds is 3. The Bertz CT molecular complexity index is 902. The Morgan fingerprint density at radius 2 is 2.13 bits per heavy atom. The van der Waals surface area contributed by atoms with Crippen molar-refractivity contribution in [1.82, 2.24) is 24.2 Å². The van der Waals surface area contributed by atoms with Crippen LogP contribution in [0.5, 0.6) is 0 Å². The molecule has 8 heteroatoms. The Hall–Kier alpha value is -2.48. The van der Waals surface area contributed by atoms with Gasteiger partial charge in [0.2, 0.25) is 5.91 Å². The van der Waals surface area contributed by atoms with Crippen LogP contribution >= 0.6 is 11.3 Å². The fourth-order valence-corrected chi connectivity index (χ4v) is 3.71. The molecule has 0 radical (unpaired) electrons. The Morgan fingerprint density at radius 3 is 2.83 bits per heavy atom. The molecule has 1 aromatic carbocycles. The van der Waals surface area contributed by atoms with E-state index in [1.165, 1.54) is 20.3 Å². The summed E-state index contributed by atoms with van der Waals surface area (Å²) in [7, 11) is 1.61. The molecule has 0 aliphatic carbocycles. The number of nitrogens with zero attached hydrogens (tertiary/aromatic N) is 5. The normalized spacial score (nSPS) is 15.1. The summed E-state index contributed by atoms with van der Waals surface area (Å²) in [5, 5.41) is 4.99. The molecule has 0 unspecified atom stereocenters. The first-order chi connectivity index (χ1) is 11.1. The number of likely N-dealkylation sites (tertiary alicyclic amines) is 1. The average molecular weight is 329 g/mol. The van der Waals surface area contributed by atoms with Crippen molar-refractivity contribution in [3.63, 3.8) is 0 Å². The lowest BCUT2D eigenvalue weighted by Crippen LogP contribution is -2.50. The Morgan fingerprint density at radius 1 is 1.35 bits per heavy atom. The first-order valence-corrected chi connectivity index (χ1v) is 8.15. The van der Waals surface area contributed by atoms with Crippen molar-refractivity contribution in [1.29, 1.82) is 0 Å². The zero-order valence-corrected chi connectivity index (χ0v) is 13.4. The molecule has 0 atom stereocenters. The fourth-order valence-electron chi connectivity index (χ4n) is 2.66. The van der Waals surface area contributed by atoms with Gasteiger partial charge in [-0.25, -0.2) is 14.5 Å². The van der Waals surface area contributed by atoms with E-state index in [0.29, 0.717) is 13.1 Å². The summed E-state index contributed by atoms with van der Waals surface area (Å²) < 4.78 is 3.72. The number of aryl methyl sites for hydroxylation is 1. The van der Waals surface area contributed by atoms with E-state index in [0.717, 1.165) is 10.5 Å². The lowest BCUT2D eigenvalue weighted by Gasteiger charge is -2.38. The monoisotopic (exact) mass is 329 g/mol. The van der Waals surface area contributed by atoms with Crippen LogP contribution in [-0.2, 0) is 18.4 Å². The van der Waals surface area contributed by atoms with Crippen molar-refractivity contribution in [3.05, 3.63) is 46.1 Å². The minimum absolute atomic E-state index is 0.00770. The lowest BCUT2D eigenvalue weighted by molar-refractivity contribution is -0.136. The first kappa shape index (κ1) is 14.1. The number of para-hydroxylation sites is 1.